The number of carbonyl (C=O) groups excluding carboxylic acids is 1. The zero-order valence-electron chi connectivity index (χ0n) is 10.7. The monoisotopic (exact) mass is 243 g/mol. The summed E-state index contributed by atoms with van der Waals surface area (Å²) in [5.41, 5.74) is 8.67. The number of benzene rings is 1. The van der Waals surface area contributed by atoms with E-state index in [0.29, 0.717) is 16.9 Å². The summed E-state index contributed by atoms with van der Waals surface area (Å²) in [4.78, 5) is 12.4. The first-order chi connectivity index (χ1) is 8.63. The van der Waals surface area contributed by atoms with Gasteiger partial charge in [0.1, 0.15) is 5.69 Å². The van der Waals surface area contributed by atoms with Gasteiger partial charge in [0.25, 0.3) is 0 Å². The fraction of sp³-hybridized carbons (Fsp3) is 0.286. The first-order valence-corrected chi connectivity index (χ1v) is 6.06. The van der Waals surface area contributed by atoms with Crippen molar-refractivity contribution in [2.45, 2.75) is 26.8 Å². The predicted octanol–water partition coefficient (Wildman–Crippen LogP) is 2.41. The van der Waals surface area contributed by atoms with Crippen molar-refractivity contribution >= 4 is 11.5 Å². The largest absolute Gasteiger partial charge is 0.398 e. The van der Waals surface area contributed by atoms with E-state index >= 15 is 0 Å². The van der Waals surface area contributed by atoms with Gasteiger partial charge in [-0.2, -0.15) is 5.10 Å². The molecule has 1 aromatic heterocycles. The Balaban J connectivity index is 2.35. The van der Waals surface area contributed by atoms with Crippen LogP contribution in [0.4, 0.5) is 5.69 Å². The summed E-state index contributed by atoms with van der Waals surface area (Å²) in [6, 6.07) is 7.13. The molecule has 0 aliphatic carbocycles. The topological polar surface area (TPSA) is 60.9 Å². The van der Waals surface area contributed by atoms with Crippen LogP contribution < -0.4 is 5.73 Å². The molecule has 2 aromatic rings. The second kappa shape index (κ2) is 5.04. The summed E-state index contributed by atoms with van der Waals surface area (Å²) in [6.07, 6.45) is 2.60. The molecule has 0 fully saturated rings. The first-order valence-electron chi connectivity index (χ1n) is 6.06. The van der Waals surface area contributed by atoms with Gasteiger partial charge in [0.15, 0.2) is 0 Å². The molecule has 0 amide bonds. The van der Waals surface area contributed by atoms with E-state index in [9.17, 15) is 4.79 Å². The quantitative estimate of drug-likeness (QED) is 0.662. The normalized spacial score (nSPS) is 10.6. The van der Waals surface area contributed by atoms with E-state index in [-0.39, 0.29) is 5.78 Å². The number of nitrogen functional groups attached to an aromatic ring is 1. The van der Waals surface area contributed by atoms with Crippen molar-refractivity contribution in [3.63, 3.8) is 0 Å². The van der Waals surface area contributed by atoms with Crippen molar-refractivity contribution in [3.8, 4) is 0 Å². The minimum Gasteiger partial charge on any atom is -0.398 e. The van der Waals surface area contributed by atoms with Gasteiger partial charge in [0.05, 0.1) is 0 Å². The summed E-state index contributed by atoms with van der Waals surface area (Å²) in [6.45, 7) is 4.72. The molecule has 4 heteroatoms. The molecule has 0 aliphatic rings. The van der Waals surface area contributed by atoms with Crippen molar-refractivity contribution in [2.75, 3.05) is 5.73 Å². The van der Waals surface area contributed by atoms with Crippen molar-refractivity contribution in [1.29, 1.82) is 0 Å². The Morgan fingerprint density at radius 2 is 2.17 bits per heavy atom. The standard InChI is InChI=1S/C14H17N3O/c1-3-8-17-13(6-7-16-17)14(18)11-5-4-10(2)12(15)9-11/h4-7,9H,3,8,15H2,1-2H3. The van der Waals surface area contributed by atoms with Crippen LogP contribution in [0, 0.1) is 6.92 Å². The number of carbonyl (C=O) groups is 1. The highest BCUT2D eigenvalue weighted by molar-refractivity contribution is 6.08. The Labute approximate surface area is 106 Å². The van der Waals surface area contributed by atoms with Crippen molar-refractivity contribution in [1.82, 2.24) is 9.78 Å². The molecule has 2 N–H and O–H groups in total. The number of anilines is 1. The molecule has 2 rings (SSSR count). The van der Waals surface area contributed by atoms with Crippen LogP contribution in [0.2, 0.25) is 0 Å². The third-order valence-corrected chi connectivity index (χ3v) is 2.93. The second-order valence-corrected chi connectivity index (χ2v) is 4.34. The second-order valence-electron chi connectivity index (χ2n) is 4.34. The molecule has 1 aromatic carbocycles. The summed E-state index contributed by atoms with van der Waals surface area (Å²) < 4.78 is 1.73. The fourth-order valence-electron chi connectivity index (χ4n) is 1.85. The molecule has 0 bridgehead atoms. The molecule has 0 saturated carbocycles. The lowest BCUT2D eigenvalue weighted by Crippen LogP contribution is -2.11. The Morgan fingerprint density at radius 3 is 2.83 bits per heavy atom. The minimum atomic E-state index is -0.0346. The maximum atomic E-state index is 12.4. The lowest BCUT2D eigenvalue weighted by Gasteiger charge is -2.07. The van der Waals surface area contributed by atoms with Gasteiger partial charge in [-0.15, -0.1) is 0 Å². The molecule has 0 saturated heterocycles. The molecule has 1 heterocycles. The average molecular weight is 243 g/mol. The molecule has 0 radical (unpaired) electrons. The zero-order valence-corrected chi connectivity index (χ0v) is 10.7. The van der Waals surface area contributed by atoms with E-state index in [1.807, 2.05) is 13.0 Å². The molecule has 0 spiro atoms. The molecular weight excluding hydrogens is 226 g/mol. The number of hydrogen-bond acceptors (Lipinski definition) is 3. The van der Waals surface area contributed by atoms with E-state index in [1.54, 1.807) is 29.1 Å². The zero-order chi connectivity index (χ0) is 13.1. The molecule has 94 valence electrons. The van der Waals surface area contributed by atoms with E-state index in [1.165, 1.54) is 0 Å². The molecule has 0 unspecified atom stereocenters. The van der Waals surface area contributed by atoms with E-state index in [2.05, 4.69) is 12.0 Å². The van der Waals surface area contributed by atoms with Crippen LogP contribution in [0.5, 0.6) is 0 Å². The van der Waals surface area contributed by atoms with Gasteiger partial charge in [-0.05, 0) is 31.0 Å². The third kappa shape index (κ3) is 2.27. The number of aryl methyl sites for hydroxylation is 2. The van der Waals surface area contributed by atoms with Gasteiger partial charge in [0.2, 0.25) is 5.78 Å². The Kier molecular flexibility index (Phi) is 3.46. The van der Waals surface area contributed by atoms with Gasteiger partial charge in [0, 0.05) is 24.0 Å². The van der Waals surface area contributed by atoms with Gasteiger partial charge < -0.3 is 5.73 Å². The predicted molar refractivity (Wildman–Crippen MR) is 71.5 cm³/mol. The van der Waals surface area contributed by atoms with Crippen LogP contribution in [-0.2, 0) is 6.54 Å². The third-order valence-electron chi connectivity index (χ3n) is 2.93. The van der Waals surface area contributed by atoms with E-state index in [4.69, 9.17) is 5.73 Å². The van der Waals surface area contributed by atoms with Gasteiger partial charge in [-0.1, -0.05) is 19.1 Å². The summed E-state index contributed by atoms with van der Waals surface area (Å²) in [5.74, 6) is -0.0346. The lowest BCUT2D eigenvalue weighted by molar-refractivity contribution is 0.102. The van der Waals surface area contributed by atoms with Crippen LogP contribution in [0.25, 0.3) is 0 Å². The Bertz CT molecular complexity index is 572. The number of rotatable bonds is 4. The molecule has 0 atom stereocenters. The Hall–Kier alpha value is -2.10. The summed E-state index contributed by atoms with van der Waals surface area (Å²) >= 11 is 0. The Morgan fingerprint density at radius 1 is 1.39 bits per heavy atom. The van der Waals surface area contributed by atoms with Gasteiger partial charge >= 0.3 is 0 Å². The highest BCUT2D eigenvalue weighted by Crippen LogP contribution is 2.16. The van der Waals surface area contributed by atoms with Crippen LogP contribution in [0.1, 0.15) is 35.0 Å². The number of ketones is 1. The van der Waals surface area contributed by atoms with Crippen LogP contribution in [0.15, 0.2) is 30.5 Å². The van der Waals surface area contributed by atoms with Crippen LogP contribution >= 0.6 is 0 Å². The van der Waals surface area contributed by atoms with Crippen molar-refractivity contribution in [2.24, 2.45) is 0 Å². The molecular formula is C14H17N3O. The smallest absolute Gasteiger partial charge is 0.211 e. The minimum absolute atomic E-state index is 0.0346. The van der Waals surface area contributed by atoms with Crippen LogP contribution in [0.3, 0.4) is 0 Å². The number of hydrogen-bond donors (Lipinski definition) is 1. The summed E-state index contributed by atoms with van der Waals surface area (Å²) in [5, 5.41) is 4.16. The van der Waals surface area contributed by atoms with Gasteiger partial charge in [-0.25, -0.2) is 0 Å². The number of aromatic nitrogens is 2. The van der Waals surface area contributed by atoms with Crippen molar-refractivity contribution < 1.29 is 4.79 Å². The van der Waals surface area contributed by atoms with Crippen molar-refractivity contribution in [3.05, 3.63) is 47.3 Å². The molecule has 0 aliphatic heterocycles. The average Bonchev–Trinajstić information content (AvgIpc) is 2.80. The maximum absolute atomic E-state index is 12.4. The lowest BCUT2D eigenvalue weighted by atomic mass is 10.0. The molecule has 18 heavy (non-hydrogen) atoms. The highest BCUT2D eigenvalue weighted by atomic mass is 16.1. The molecule has 4 nitrogen and oxygen atoms in total. The van der Waals surface area contributed by atoms with Crippen LogP contribution in [-0.4, -0.2) is 15.6 Å². The van der Waals surface area contributed by atoms with E-state index in [0.717, 1.165) is 18.5 Å². The van der Waals surface area contributed by atoms with Gasteiger partial charge in [-0.3, -0.25) is 9.48 Å². The SMILES string of the molecule is CCCn1nccc1C(=O)c1ccc(C)c(N)c1. The first kappa shape index (κ1) is 12.4. The number of nitrogens with zero attached hydrogens (tertiary/aromatic N) is 2. The fourth-order valence-corrected chi connectivity index (χ4v) is 1.85. The maximum Gasteiger partial charge on any atom is 0.211 e. The van der Waals surface area contributed by atoms with E-state index < -0.39 is 0 Å². The highest BCUT2D eigenvalue weighted by Gasteiger charge is 2.14. The number of nitrogens with two attached hydrogens (primary N) is 1. The summed E-state index contributed by atoms with van der Waals surface area (Å²) in [7, 11) is 0.